The lowest BCUT2D eigenvalue weighted by atomic mass is 10.3. The summed E-state index contributed by atoms with van der Waals surface area (Å²) in [6.45, 7) is 3.82. The Bertz CT molecular complexity index is 518. The van der Waals surface area contributed by atoms with Crippen molar-refractivity contribution < 1.29 is 9.15 Å². The Kier molecular flexibility index (Phi) is 3.28. The van der Waals surface area contributed by atoms with Crippen LogP contribution in [0.1, 0.15) is 11.5 Å². The molecule has 1 heterocycles. The number of aromatic nitrogens is 1. The second-order valence-electron chi connectivity index (χ2n) is 3.63. The molecule has 1 aromatic carbocycles. The highest BCUT2D eigenvalue weighted by molar-refractivity contribution is 7.99. The van der Waals surface area contributed by atoms with Crippen molar-refractivity contribution in [3.63, 3.8) is 0 Å². The average Bonchev–Trinajstić information content (AvgIpc) is 2.61. The topological polar surface area (TPSA) is 61.3 Å². The summed E-state index contributed by atoms with van der Waals surface area (Å²) in [5.41, 5.74) is 7.28. The summed E-state index contributed by atoms with van der Waals surface area (Å²) in [7, 11) is 1.60. The van der Waals surface area contributed by atoms with Crippen LogP contribution in [0.2, 0.25) is 0 Å². The average molecular weight is 250 g/mol. The van der Waals surface area contributed by atoms with E-state index in [9.17, 15) is 0 Å². The Balaban J connectivity index is 2.24. The fourth-order valence-electron chi connectivity index (χ4n) is 1.34. The first-order valence-electron chi connectivity index (χ1n) is 5.15. The van der Waals surface area contributed by atoms with E-state index in [1.54, 1.807) is 7.11 Å². The molecule has 0 fully saturated rings. The van der Waals surface area contributed by atoms with Crippen molar-refractivity contribution in [2.24, 2.45) is 0 Å². The SMILES string of the molecule is COc1cc(Sc2nc(C)c(C)o2)ccc1N. The molecule has 5 heteroatoms. The van der Waals surface area contributed by atoms with Crippen molar-refractivity contribution >= 4 is 17.4 Å². The van der Waals surface area contributed by atoms with E-state index in [0.29, 0.717) is 16.7 Å². The van der Waals surface area contributed by atoms with Gasteiger partial charge in [0.15, 0.2) is 0 Å². The number of hydrogen-bond donors (Lipinski definition) is 1. The number of rotatable bonds is 3. The molecule has 0 spiro atoms. The number of methoxy groups -OCH3 is 1. The summed E-state index contributed by atoms with van der Waals surface area (Å²) in [6.07, 6.45) is 0. The molecular weight excluding hydrogens is 236 g/mol. The Hall–Kier alpha value is -1.62. The Morgan fingerprint density at radius 1 is 1.35 bits per heavy atom. The third-order valence-corrected chi connectivity index (χ3v) is 3.26. The standard InChI is InChI=1S/C12H14N2O2S/c1-7-8(2)16-12(14-7)17-9-4-5-10(13)11(6-9)15-3/h4-6H,13H2,1-3H3. The minimum atomic E-state index is 0.622. The van der Waals surface area contributed by atoms with Gasteiger partial charge in [-0.05, 0) is 43.8 Å². The van der Waals surface area contributed by atoms with Gasteiger partial charge in [0.05, 0.1) is 18.5 Å². The summed E-state index contributed by atoms with van der Waals surface area (Å²) in [5.74, 6) is 1.50. The van der Waals surface area contributed by atoms with Crippen LogP contribution in [0.5, 0.6) is 5.75 Å². The summed E-state index contributed by atoms with van der Waals surface area (Å²) in [6, 6.07) is 5.59. The zero-order valence-electron chi connectivity index (χ0n) is 9.98. The molecule has 0 amide bonds. The fourth-order valence-corrected chi connectivity index (χ4v) is 2.20. The lowest BCUT2D eigenvalue weighted by Gasteiger charge is -2.05. The zero-order valence-corrected chi connectivity index (χ0v) is 10.8. The molecule has 2 N–H and O–H groups in total. The number of nitrogen functional groups attached to an aromatic ring is 1. The molecule has 90 valence electrons. The van der Waals surface area contributed by atoms with Gasteiger partial charge in [-0.25, -0.2) is 4.98 Å². The molecule has 1 aromatic heterocycles. The summed E-state index contributed by atoms with van der Waals surface area (Å²) >= 11 is 1.45. The van der Waals surface area contributed by atoms with Crippen molar-refractivity contribution in [3.05, 3.63) is 29.7 Å². The molecule has 0 atom stereocenters. The van der Waals surface area contributed by atoms with E-state index < -0.39 is 0 Å². The lowest BCUT2D eigenvalue weighted by molar-refractivity contribution is 0.415. The number of aryl methyl sites for hydroxylation is 2. The van der Waals surface area contributed by atoms with Gasteiger partial charge >= 0.3 is 0 Å². The highest BCUT2D eigenvalue weighted by atomic mass is 32.2. The van der Waals surface area contributed by atoms with Crippen LogP contribution >= 0.6 is 11.8 Å². The molecule has 2 aromatic rings. The van der Waals surface area contributed by atoms with E-state index in [0.717, 1.165) is 16.3 Å². The van der Waals surface area contributed by atoms with Gasteiger partial charge in [-0.15, -0.1) is 0 Å². The number of ether oxygens (including phenoxy) is 1. The van der Waals surface area contributed by atoms with Crippen LogP contribution in [0, 0.1) is 13.8 Å². The maximum absolute atomic E-state index is 5.75. The first-order chi connectivity index (χ1) is 8.10. The van der Waals surface area contributed by atoms with Crippen molar-refractivity contribution in [2.45, 2.75) is 24.0 Å². The second-order valence-corrected chi connectivity index (χ2v) is 4.65. The number of benzene rings is 1. The summed E-state index contributed by atoms with van der Waals surface area (Å²) in [5, 5.41) is 0.631. The quantitative estimate of drug-likeness (QED) is 0.848. The summed E-state index contributed by atoms with van der Waals surface area (Å²) < 4.78 is 10.7. The first kappa shape index (κ1) is 11.9. The molecule has 0 radical (unpaired) electrons. The Morgan fingerprint density at radius 3 is 2.71 bits per heavy atom. The summed E-state index contributed by atoms with van der Waals surface area (Å²) in [4.78, 5) is 5.29. The molecular formula is C12H14N2O2S. The largest absolute Gasteiger partial charge is 0.495 e. The maximum atomic E-state index is 5.75. The van der Waals surface area contributed by atoms with E-state index in [1.807, 2.05) is 32.0 Å². The van der Waals surface area contributed by atoms with E-state index in [1.165, 1.54) is 11.8 Å². The van der Waals surface area contributed by atoms with Gasteiger partial charge in [0.2, 0.25) is 0 Å². The van der Waals surface area contributed by atoms with Crippen LogP contribution in [-0.4, -0.2) is 12.1 Å². The van der Waals surface area contributed by atoms with Crippen molar-refractivity contribution in [3.8, 4) is 5.75 Å². The van der Waals surface area contributed by atoms with Crippen LogP contribution in [-0.2, 0) is 0 Å². The van der Waals surface area contributed by atoms with E-state index in [-0.39, 0.29) is 0 Å². The molecule has 0 aliphatic heterocycles. The Labute approximate surface area is 104 Å². The van der Waals surface area contributed by atoms with Gasteiger partial charge in [-0.3, -0.25) is 0 Å². The zero-order chi connectivity index (χ0) is 12.4. The molecule has 0 aliphatic rings. The van der Waals surface area contributed by atoms with E-state index in [4.69, 9.17) is 14.9 Å². The third kappa shape index (κ3) is 2.55. The lowest BCUT2D eigenvalue weighted by Crippen LogP contribution is -1.91. The van der Waals surface area contributed by atoms with Crippen LogP contribution in [0.15, 0.2) is 32.7 Å². The molecule has 0 unspecified atom stereocenters. The van der Waals surface area contributed by atoms with Gasteiger partial charge in [0.25, 0.3) is 5.22 Å². The first-order valence-corrected chi connectivity index (χ1v) is 5.97. The van der Waals surface area contributed by atoms with Crippen LogP contribution in [0.4, 0.5) is 5.69 Å². The van der Waals surface area contributed by atoms with E-state index in [2.05, 4.69) is 4.98 Å². The number of nitrogens with two attached hydrogens (primary N) is 1. The van der Waals surface area contributed by atoms with Crippen molar-refractivity contribution in [1.29, 1.82) is 0 Å². The minimum absolute atomic E-state index is 0.622. The predicted molar refractivity (Wildman–Crippen MR) is 67.5 cm³/mol. The monoisotopic (exact) mass is 250 g/mol. The molecule has 0 saturated carbocycles. The van der Waals surface area contributed by atoms with Crippen LogP contribution < -0.4 is 10.5 Å². The number of nitrogens with zero attached hydrogens (tertiary/aromatic N) is 1. The predicted octanol–water partition coefficient (Wildman–Crippen LogP) is 3.03. The molecule has 2 rings (SSSR count). The minimum Gasteiger partial charge on any atom is -0.495 e. The van der Waals surface area contributed by atoms with Crippen LogP contribution in [0.25, 0.3) is 0 Å². The maximum Gasteiger partial charge on any atom is 0.260 e. The molecule has 0 saturated heterocycles. The molecule has 0 bridgehead atoms. The van der Waals surface area contributed by atoms with Gasteiger partial charge in [0, 0.05) is 4.90 Å². The Morgan fingerprint density at radius 2 is 2.12 bits per heavy atom. The normalized spacial score (nSPS) is 10.5. The van der Waals surface area contributed by atoms with Gasteiger partial charge < -0.3 is 14.9 Å². The van der Waals surface area contributed by atoms with E-state index >= 15 is 0 Å². The van der Waals surface area contributed by atoms with Gasteiger partial charge in [-0.1, -0.05) is 0 Å². The number of oxazole rings is 1. The molecule has 0 aliphatic carbocycles. The second kappa shape index (κ2) is 4.71. The molecule has 17 heavy (non-hydrogen) atoms. The third-order valence-electron chi connectivity index (χ3n) is 2.42. The highest BCUT2D eigenvalue weighted by Gasteiger charge is 2.09. The van der Waals surface area contributed by atoms with Gasteiger partial charge in [-0.2, -0.15) is 0 Å². The van der Waals surface area contributed by atoms with Crippen molar-refractivity contribution in [1.82, 2.24) is 4.98 Å². The van der Waals surface area contributed by atoms with Crippen LogP contribution in [0.3, 0.4) is 0 Å². The number of anilines is 1. The van der Waals surface area contributed by atoms with Gasteiger partial charge in [0.1, 0.15) is 11.5 Å². The molecule has 4 nitrogen and oxygen atoms in total. The smallest absolute Gasteiger partial charge is 0.260 e. The van der Waals surface area contributed by atoms with Crippen molar-refractivity contribution in [2.75, 3.05) is 12.8 Å². The highest BCUT2D eigenvalue weighted by Crippen LogP contribution is 2.33. The number of hydrogen-bond acceptors (Lipinski definition) is 5. The fraction of sp³-hybridized carbons (Fsp3) is 0.250.